The fourth-order valence-corrected chi connectivity index (χ4v) is 1.99. The summed E-state index contributed by atoms with van der Waals surface area (Å²) in [5, 5.41) is 0. The molecule has 0 amide bonds. The molecule has 1 aromatic carbocycles. The molecule has 3 heteroatoms. The fraction of sp³-hybridized carbons (Fsp3) is 0.571. The first-order chi connectivity index (χ1) is 8.24. The quantitative estimate of drug-likeness (QED) is 0.590. The average Bonchev–Trinajstić information content (AvgIpc) is 2.30. The maximum absolute atomic E-state index is 13.4. The van der Waals surface area contributed by atoms with Gasteiger partial charge in [0.25, 0.3) is 0 Å². The van der Waals surface area contributed by atoms with E-state index in [9.17, 15) is 4.39 Å². The summed E-state index contributed by atoms with van der Waals surface area (Å²) in [7, 11) is 0. The van der Waals surface area contributed by atoms with E-state index in [1.165, 1.54) is 31.7 Å². The van der Waals surface area contributed by atoms with E-state index in [4.69, 9.17) is 4.74 Å². The van der Waals surface area contributed by atoms with Crippen LogP contribution in [0.1, 0.15) is 45.4 Å². The second-order valence-electron chi connectivity index (χ2n) is 4.19. The smallest absolute Gasteiger partial charge is 0.166 e. The molecule has 17 heavy (non-hydrogen) atoms. The zero-order valence-electron chi connectivity index (χ0n) is 10.3. The Morgan fingerprint density at radius 2 is 1.82 bits per heavy atom. The van der Waals surface area contributed by atoms with Crippen LogP contribution in [0.3, 0.4) is 0 Å². The van der Waals surface area contributed by atoms with Gasteiger partial charge in [-0.1, -0.05) is 55.0 Å². The lowest BCUT2D eigenvalue weighted by atomic mass is 10.1. The Bertz CT molecular complexity index is 328. The number of hydrogen-bond donors (Lipinski definition) is 0. The minimum absolute atomic E-state index is 0.301. The summed E-state index contributed by atoms with van der Waals surface area (Å²) in [5.74, 6) is 0.0483. The first-order valence-electron chi connectivity index (χ1n) is 6.32. The number of ether oxygens (including phenoxy) is 1. The molecule has 0 aliphatic carbocycles. The monoisotopic (exact) mass is 302 g/mol. The summed E-state index contributed by atoms with van der Waals surface area (Å²) < 4.78 is 19.5. The fourth-order valence-electron chi connectivity index (χ4n) is 1.66. The molecule has 0 heterocycles. The molecule has 1 aromatic rings. The van der Waals surface area contributed by atoms with Crippen molar-refractivity contribution in [2.75, 3.05) is 6.61 Å². The lowest BCUT2D eigenvalue weighted by Gasteiger charge is -2.07. The number of rotatable bonds is 8. The third-order valence-corrected chi connectivity index (χ3v) is 3.14. The Labute approximate surface area is 111 Å². The van der Waals surface area contributed by atoms with Gasteiger partial charge >= 0.3 is 0 Å². The highest BCUT2D eigenvalue weighted by Crippen LogP contribution is 2.21. The molecular formula is C14H20BrFO. The summed E-state index contributed by atoms with van der Waals surface area (Å²) in [6.45, 7) is 2.81. The summed E-state index contributed by atoms with van der Waals surface area (Å²) in [5.41, 5.74) is 0. The topological polar surface area (TPSA) is 9.23 Å². The van der Waals surface area contributed by atoms with Crippen LogP contribution in [-0.2, 0) is 0 Å². The van der Waals surface area contributed by atoms with Crippen molar-refractivity contribution in [1.29, 1.82) is 0 Å². The SMILES string of the molecule is CCCCCCCCOc1ccc(Br)cc1F. The summed E-state index contributed by atoms with van der Waals surface area (Å²) in [6, 6.07) is 4.88. The van der Waals surface area contributed by atoms with Gasteiger partial charge in [0.1, 0.15) is 0 Å². The van der Waals surface area contributed by atoms with E-state index in [2.05, 4.69) is 22.9 Å². The van der Waals surface area contributed by atoms with Crippen LogP contribution in [0.5, 0.6) is 5.75 Å². The van der Waals surface area contributed by atoms with Gasteiger partial charge in [-0.05, 0) is 24.6 Å². The maximum atomic E-state index is 13.4. The molecule has 1 nitrogen and oxygen atoms in total. The Morgan fingerprint density at radius 1 is 1.12 bits per heavy atom. The third kappa shape index (κ3) is 6.06. The van der Waals surface area contributed by atoms with Gasteiger partial charge in [0.15, 0.2) is 11.6 Å². The standard InChI is InChI=1S/C14H20BrFO/c1-2-3-4-5-6-7-10-17-14-9-8-12(15)11-13(14)16/h8-9,11H,2-7,10H2,1H3. The molecule has 0 saturated heterocycles. The van der Waals surface area contributed by atoms with E-state index in [1.807, 2.05) is 0 Å². The Morgan fingerprint density at radius 3 is 2.53 bits per heavy atom. The second kappa shape index (κ2) is 8.51. The molecule has 0 spiro atoms. The largest absolute Gasteiger partial charge is 0.491 e. The molecule has 0 fully saturated rings. The van der Waals surface area contributed by atoms with Crippen molar-refractivity contribution >= 4 is 15.9 Å². The highest BCUT2D eigenvalue weighted by atomic mass is 79.9. The molecular weight excluding hydrogens is 283 g/mol. The lowest BCUT2D eigenvalue weighted by molar-refractivity contribution is 0.290. The summed E-state index contributed by atoms with van der Waals surface area (Å²) in [6.07, 6.45) is 7.28. The van der Waals surface area contributed by atoms with E-state index >= 15 is 0 Å². The normalized spacial score (nSPS) is 10.5. The van der Waals surface area contributed by atoms with Crippen LogP contribution < -0.4 is 4.74 Å². The van der Waals surface area contributed by atoms with Crippen LogP contribution >= 0.6 is 15.9 Å². The van der Waals surface area contributed by atoms with Crippen molar-refractivity contribution in [1.82, 2.24) is 0 Å². The van der Waals surface area contributed by atoms with Crippen molar-refractivity contribution in [3.63, 3.8) is 0 Å². The van der Waals surface area contributed by atoms with E-state index in [-0.39, 0.29) is 5.82 Å². The Kier molecular flexibility index (Phi) is 7.25. The molecule has 0 aliphatic rings. The summed E-state index contributed by atoms with van der Waals surface area (Å²) >= 11 is 3.22. The summed E-state index contributed by atoms with van der Waals surface area (Å²) in [4.78, 5) is 0. The molecule has 0 bridgehead atoms. The first kappa shape index (κ1) is 14.5. The number of hydrogen-bond acceptors (Lipinski definition) is 1. The lowest BCUT2D eigenvalue weighted by Crippen LogP contribution is -1.99. The van der Waals surface area contributed by atoms with Crippen LogP contribution in [0.15, 0.2) is 22.7 Å². The van der Waals surface area contributed by atoms with E-state index in [1.54, 1.807) is 12.1 Å². The maximum Gasteiger partial charge on any atom is 0.166 e. The predicted molar refractivity (Wildman–Crippen MR) is 73.0 cm³/mol. The van der Waals surface area contributed by atoms with Gasteiger partial charge < -0.3 is 4.74 Å². The zero-order chi connectivity index (χ0) is 12.5. The molecule has 0 saturated carbocycles. The molecule has 1 rings (SSSR count). The van der Waals surface area contributed by atoms with Crippen molar-refractivity contribution in [2.24, 2.45) is 0 Å². The molecule has 0 radical (unpaired) electrons. The van der Waals surface area contributed by atoms with Gasteiger partial charge in [-0.25, -0.2) is 4.39 Å². The van der Waals surface area contributed by atoms with Crippen LogP contribution in [0.4, 0.5) is 4.39 Å². The van der Waals surface area contributed by atoms with Crippen LogP contribution in [0.25, 0.3) is 0 Å². The molecule has 0 unspecified atom stereocenters. The van der Waals surface area contributed by atoms with E-state index in [0.29, 0.717) is 12.4 Å². The number of unbranched alkanes of at least 4 members (excludes halogenated alkanes) is 5. The van der Waals surface area contributed by atoms with Gasteiger partial charge in [0, 0.05) is 4.47 Å². The Balaban J connectivity index is 2.14. The molecule has 0 aliphatic heterocycles. The molecule has 0 N–H and O–H groups in total. The average molecular weight is 303 g/mol. The van der Waals surface area contributed by atoms with Gasteiger partial charge in [0.2, 0.25) is 0 Å². The third-order valence-electron chi connectivity index (χ3n) is 2.65. The Hall–Kier alpha value is -0.570. The van der Waals surface area contributed by atoms with Crippen LogP contribution in [0.2, 0.25) is 0 Å². The minimum Gasteiger partial charge on any atom is -0.491 e. The highest BCUT2D eigenvalue weighted by molar-refractivity contribution is 9.10. The van der Waals surface area contributed by atoms with Gasteiger partial charge in [-0.3, -0.25) is 0 Å². The van der Waals surface area contributed by atoms with Gasteiger partial charge in [0.05, 0.1) is 6.61 Å². The van der Waals surface area contributed by atoms with Crippen molar-refractivity contribution in [3.8, 4) is 5.75 Å². The zero-order valence-corrected chi connectivity index (χ0v) is 11.9. The molecule has 0 aromatic heterocycles. The molecule has 0 atom stereocenters. The van der Waals surface area contributed by atoms with Crippen LogP contribution in [0, 0.1) is 5.82 Å². The van der Waals surface area contributed by atoms with Crippen molar-refractivity contribution < 1.29 is 9.13 Å². The van der Waals surface area contributed by atoms with Crippen molar-refractivity contribution in [3.05, 3.63) is 28.5 Å². The first-order valence-corrected chi connectivity index (χ1v) is 7.11. The van der Waals surface area contributed by atoms with E-state index in [0.717, 1.165) is 17.3 Å². The molecule has 96 valence electrons. The van der Waals surface area contributed by atoms with E-state index < -0.39 is 0 Å². The van der Waals surface area contributed by atoms with Gasteiger partial charge in [-0.15, -0.1) is 0 Å². The van der Waals surface area contributed by atoms with Crippen molar-refractivity contribution in [2.45, 2.75) is 45.4 Å². The number of benzene rings is 1. The highest BCUT2D eigenvalue weighted by Gasteiger charge is 2.03. The second-order valence-corrected chi connectivity index (χ2v) is 5.11. The number of halogens is 2. The van der Waals surface area contributed by atoms with Crippen LogP contribution in [-0.4, -0.2) is 6.61 Å². The predicted octanol–water partition coefficient (Wildman–Crippen LogP) is 5.33. The van der Waals surface area contributed by atoms with Gasteiger partial charge in [-0.2, -0.15) is 0 Å². The minimum atomic E-state index is -0.301.